The fourth-order valence-corrected chi connectivity index (χ4v) is 2.49. The van der Waals surface area contributed by atoms with Crippen molar-refractivity contribution in [2.75, 3.05) is 0 Å². The lowest BCUT2D eigenvalue weighted by Crippen LogP contribution is -2.11. The molecular formula is C17H17NO. The molecule has 1 heterocycles. The molecule has 1 atom stereocenters. The predicted molar refractivity (Wildman–Crippen MR) is 77.5 cm³/mol. The van der Waals surface area contributed by atoms with E-state index < -0.39 is 0 Å². The van der Waals surface area contributed by atoms with Crippen molar-refractivity contribution in [2.45, 2.75) is 25.4 Å². The van der Waals surface area contributed by atoms with Gasteiger partial charge in [-0.3, -0.25) is 4.98 Å². The van der Waals surface area contributed by atoms with Crippen LogP contribution < -0.4 is 0 Å². The van der Waals surface area contributed by atoms with Crippen molar-refractivity contribution in [1.29, 1.82) is 0 Å². The van der Waals surface area contributed by atoms with Gasteiger partial charge in [0, 0.05) is 11.3 Å². The summed E-state index contributed by atoms with van der Waals surface area (Å²) < 4.78 is 0. The number of hydrogen-bond acceptors (Lipinski definition) is 2. The van der Waals surface area contributed by atoms with Crippen molar-refractivity contribution >= 4 is 12.2 Å². The van der Waals surface area contributed by atoms with Crippen LogP contribution in [0.1, 0.15) is 41.5 Å². The average Bonchev–Trinajstić information content (AvgIpc) is 2.46. The third-order valence-corrected chi connectivity index (χ3v) is 3.53. The number of aromatic nitrogens is 1. The van der Waals surface area contributed by atoms with Gasteiger partial charge in [0.2, 0.25) is 0 Å². The topological polar surface area (TPSA) is 33.1 Å². The quantitative estimate of drug-likeness (QED) is 0.884. The fourth-order valence-electron chi connectivity index (χ4n) is 2.49. The van der Waals surface area contributed by atoms with Crippen molar-refractivity contribution in [3.63, 3.8) is 0 Å². The smallest absolute Gasteiger partial charge is 0.0807 e. The normalized spacial score (nSPS) is 18.5. The molecule has 96 valence electrons. The minimum absolute atomic E-state index is 0.330. The van der Waals surface area contributed by atoms with Crippen LogP contribution in [0.15, 0.2) is 42.5 Å². The van der Waals surface area contributed by atoms with Crippen LogP contribution in [0.2, 0.25) is 0 Å². The standard InChI is InChI=1S/C17H17NO/c19-17-8-4-7-16-15(17)12-11-14(18-16)10-9-13-5-2-1-3-6-13/h1-3,5-6,9-12,17,19H,4,7-8H2. The van der Waals surface area contributed by atoms with Crippen LogP contribution in [0.3, 0.4) is 0 Å². The van der Waals surface area contributed by atoms with Gasteiger partial charge in [-0.15, -0.1) is 0 Å². The number of aliphatic hydroxyl groups is 1. The Morgan fingerprint density at radius 3 is 2.74 bits per heavy atom. The maximum Gasteiger partial charge on any atom is 0.0807 e. The molecule has 3 rings (SSSR count). The third kappa shape index (κ3) is 2.74. The number of rotatable bonds is 2. The van der Waals surface area contributed by atoms with Crippen molar-refractivity contribution in [2.24, 2.45) is 0 Å². The number of fused-ring (bicyclic) bond motifs is 1. The number of benzene rings is 1. The zero-order chi connectivity index (χ0) is 13.1. The van der Waals surface area contributed by atoms with E-state index in [-0.39, 0.29) is 6.10 Å². The van der Waals surface area contributed by atoms with Gasteiger partial charge in [-0.05, 0) is 37.0 Å². The summed E-state index contributed by atoms with van der Waals surface area (Å²) in [5, 5.41) is 9.90. The molecule has 1 unspecified atom stereocenters. The Balaban J connectivity index is 1.85. The van der Waals surface area contributed by atoms with E-state index in [2.05, 4.69) is 23.2 Å². The maximum atomic E-state index is 9.90. The molecule has 1 aromatic heterocycles. The van der Waals surface area contributed by atoms with Gasteiger partial charge in [0.25, 0.3) is 0 Å². The van der Waals surface area contributed by atoms with Crippen molar-refractivity contribution in [1.82, 2.24) is 4.98 Å². The molecule has 2 aromatic rings. The van der Waals surface area contributed by atoms with Crippen LogP contribution in [0.5, 0.6) is 0 Å². The van der Waals surface area contributed by atoms with Crippen LogP contribution in [0.4, 0.5) is 0 Å². The van der Waals surface area contributed by atoms with Crippen molar-refractivity contribution in [3.05, 3.63) is 65.0 Å². The second kappa shape index (κ2) is 5.37. The molecule has 1 aromatic carbocycles. The predicted octanol–water partition coefficient (Wildman–Crippen LogP) is 3.62. The summed E-state index contributed by atoms with van der Waals surface area (Å²) in [7, 11) is 0. The number of aryl methyl sites for hydroxylation is 1. The first-order valence-electron chi connectivity index (χ1n) is 6.74. The van der Waals surface area contributed by atoms with Crippen LogP contribution in [-0.2, 0) is 6.42 Å². The Kier molecular flexibility index (Phi) is 3.43. The fraction of sp³-hybridized carbons (Fsp3) is 0.235. The molecule has 0 fully saturated rings. The van der Waals surface area contributed by atoms with Gasteiger partial charge < -0.3 is 5.11 Å². The zero-order valence-electron chi connectivity index (χ0n) is 10.8. The molecule has 0 spiro atoms. The first-order valence-corrected chi connectivity index (χ1v) is 6.74. The van der Waals surface area contributed by atoms with E-state index in [1.807, 2.05) is 36.4 Å². The molecule has 19 heavy (non-hydrogen) atoms. The van der Waals surface area contributed by atoms with Crippen molar-refractivity contribution in [3.8, 4) is 0 Å². The Morgan fingerprint density at radius 2 is 1.89 bits per heavy atom. The van der Waals surface area contributed by atoms with E-state index in [1.54, 1.807) is 0 Å². The molecule has 0 saturated carbocycles. The highest BCUT2D eigenvalue weighted by Crippen LogP contribution is 2.28. The van der Waals surface area contributed by atoms with Crippen LogP contribution in [0, 0.1) is 0 Å². The Hall–Kier alpha value is -1.93. The molecule has 0 radical (unpaired) electrons. The highest BCUT2D eigenvalue weighted by molar-refractivity contribution is 5.68. The lowest BCUT2D eigenvalue weighted by molar-refractivity contribution is 0.155. The Labute approximate surface area is 113 Å². The third-order valence-electron chi connectivity index (χ3n) is 3.53. The lowest BCUT2D eigenvalue weighted by atomic mass is 9.93. The molecule has 2 heteroatoms. The molecule has 1 aliphatic rings. The van der Waals surface area contributed by atoms with Crippen LogP contribution >= 0.6 is 0 Å². The number of pyridine rings is 1. The first kappa shape index (κ1) is 12.1. The molecule has 1 aliphatic carbocycles. The SMILES string of the molecule is OC1CCCc2nc(C=Cc3ccccc3)ccc21. The van der Waals surface area contributed by atoms with E-state index in [0.717, 1.165) is 36.2 Å². The molecule has 1 N–H and O–H groups in total. The minimum Gasteiger partial charge on any atom is -0.388 e. The van der Waals surface area contributed by atoms with Crippen LogP contribution in [-0.4, -0.2) is 10.1 Å². The van der Waals surface area contributed by atoms with E-state index in [1.165, 1.54) is 5.56 Å². The number of nitrogens with zero attached hydrogens (tertiary/aromatic N) is 1. The molecule has 0 aliphatic heterocycles. The monoisotopic (exact) mass is 251 g/mol. The number of aliphatic hydroxyl groups excluding tert-OH is 1. The van der Waals surface area contributed by atoms with Gasteiger partial charge in [-0.2, -0.15) is 0 Å². The summed E-state index contributed by atoms with van der Waals surface area (Å²) in [6.07, 6.45) is 6.61. The molecule has 0 amide bonds. The summed E-state index contributed by atoms with van der Waals surface area (Å²) in [6.45, 7) is 0. The summed E-state index contributed by atoms with van der Waals surface area (Å²) in [6, 6.07) is 14.2. The van der Waals surface area contributed by atoms with Gasteiger partial charge in [0.05, 0.1) is 11.8 Å². The van der Waals surface area contributed by atoms with E-state index in [0.29, 0.717) is 0 Å². The van der Waals surface area contributed by atoms with E-state index >= 15 is 0 Å². The summed E-state index contributed by atoms with van der Waals surface area (Å²) in [5.41, 5.74) is 4.18. The maximum absolute atomic E-state index is 9.90. The Bertz CT molecular complexity index is 589. The second-order valence-corrected chi connectivity index (χ2v) is 4.92. The second-order valence-electron chi connectivity index (χ2n) is 4.92. The highest BCUT2D eigenvalue weighted by atomic mass is 16.3. The van der Waals surface area contributed by atoms with Crippen LogP contribution in [0.25, 0.3) is 12.2 Å². The molecule has 2 nitrogen and oxygen atoms in total. The summed E-state index contributed by atoms with van der Waals surface area (Å²) in [5.74, 6) is 0. The van der Waals surface area contributed by atoms with E-state index in [9.17, 15) is 5.11 Å². The Morgan fingerprint density at radius 1 is 1.05 bits per heavy atom. The van der Waals surface area contributed by atoms with Gasteiger partial charge in [-0.25, -0.2) is 0 Å². The minimum atomic E-state index is -0.330. The highest BCUT2D eigenvalue weighted by Gasteiger charge is 2.18. The summed E-state index contributed by atoms with van der Waals surface area (Å²) >= 11 is 0. The molecule has 0 saturated heterocycles. The van der Waals surface area contributed by atoms with Gasteiger partial charge >= 0.3 is 0 Å². The summed E-state index contributed by atoms with van der Waals surface area (Å²) in [4.78, 5) is 4.63. The molecular weight excluding hydrogens is 234 g/mol. The first-order chi connectivity index (χ1) is 9.33. The lowest BCUT2D eigenvalue weighted by Gasteiger charge is -2.20. The van der Waals surface area contributed by atoms with Gasteiger partial charge in [0.15, 0.2) is 0 Å². The van der Waals surface area contributed by atoms with Gasteiger partial charge in [0.1, 0.15) is 0 Å². The number of hydrogen-bond donors (Lipinski definition) is 1. The van der Waals surface area contributed by atoms with Crippen molar-refractivity contribution < 1.29 is 5.11 Å². The largest absolute Gasteiger partial charge is 0.388 e. The zero-order valence-corrected chi connectivity index (χ0v) is 10.8. The van der Waals surface area contributed by atoms with E-state index in [4.69, 9.17) is 0 Å². The average molecular weight is 251 g/mol. The van der Waals surface area contributed by atoms with Gasteiger partial charge in [-0.1, -0.05) is 42.5 Å². The molecule has 0 bridgehead atoms.